The minimum Gasteiger partial charge on any atom is -0.507 e. The summed E-state index contributed by atoms with van der Waals surface area (Å²) in [4.78, 5) is 28.9. The Labute approximate surface area is 224 Å². The first-order valence-electron chi connectivity index (χ1n) is 11.8. The van der Waals surface area contributed by atoms with E-state index in [0.717, 1.165) is 16.0 Å². The molecule has 0 saturated carbocycles. The Balaban J connectivity index is 1.51. The van der Waals surface area contributed by atoms with Crippen LogP contribution in [0.25, 0.3) is 5.76 Å². The fourth-order valence-electron chi connectivity index (χ4n) is 4.45. The first-order valence-corrected chi connectivity index (χ1v) is 13.0. The third-order valence-electron chi connectivity index (χ3n) is 6.32. The predicted octanol–water partition coefficient (Wildman–Crippen LogP) is 6.91. The van der Waals surface area contributed by atoms with Gasteiger partial charge in [0.2, 0.25) is 0 Å². The fraction of sp³-hybridized carbons (Fsp3) is 0.133. The molecule has 1 fully saturated rings. The molecule has 5 rings (SSSR count). The van der Waals surface area contributed by atoms with Crippen LogP contribution in [-0.2, 0) is 22.7 Å². The highest BCUT2D eigenvalue weighted by molar-refractivity contribution is 7.09. The molecular weight excluding hydrogens is 506 g/mol. The molecular formula is C30H24ClNO4S. The summed E-state index contributed by atoms with van der Waals surface area (Å²) in [5, 5.41) is 13.8. The van der Waals surface area contributed by atoms with E-state index in [2.05, 4.69) is 0 Å². The van der Waals surface area contributed by atoms with Crippen molar-refractivity contribution in [2.75, 3.05) is 0 Å². The predicted molar refractivity (Wildman–Crippen MR) is 146 cm³/mol. The Hall–Kier alpha value is -3.87. The van der Waals surface area contributed by atoms with E-state index in [1.165, 1.54) is 16.2 Å². The van der Waals surface area contributed by atoms with E-state index in [0.29, 0.717) is 28.5 Å². The number of carbonyl (C=O) groups excluding carboxylic acids is 2. The van der Waals surface area contributed by atoms with Gasteiger partial charge in [-0.25, -0.2) is 0 Å². The highest BCUT2D eigenvalue weighted by Crippen LogP contribution is 2.41. The minimum atomic E-state index is -0.742. The standard InChI is InChI=1S/C30H24ClNO4S/c1-19-16-22(11-14-25(19)36-18-20-6-3-2-4-7-20)28(33)26-27(21-9-12-23(31)13-10-21)32(30(35)29(26)34)17-24-8-5-15-37-24/h2-16,27,33H,17-18H2,1H3/b28-26-. The van der Waals surface area contributed by atoms with Crippen molar-refractivity contribution >= 4 is 40.4 Å². The maximum atomic E-state index is 13.3. The first kappa shape index (κ1) is 24.8. The van der Waals surface area contributed by atoms with Crippen molar-refractivity contribution < 1.29 is 19.4 Å². The van der Waals surface area contributed by atoms with Crippen molar-refractivity contribution in [2.24, 2.45) is 0 Å². The third kappa shape index (κ3) is 5.17. The number of benzene rings is 3. The van der Waals surface area contributed by atoms with E-state index in [1.807, 2.05) is 54.8 Å². The zero-order valence-electron chi connectivity index (χ0n) is 20.1. The molecule has 0 spiro atoms. The average Bonchev–Trinajstić information content (AvgIpc) is 3.51. The van der Waals surface area contributed by atoms with Crippen LogP contribution in [0.2, 0.25) is 5.02 Å². The number of halogens is 1. The average molecular weight is 530 g/mol. The lowest BCUT2D eigenvalue weighted by molar-refractivity contribution is -0.140. The normalized spacial score (nSPS) is 16.8. The summed E-state index contributed by atoms with van der Waals surface area (Å²) in [6.45, 7) is 2.55. The molecule has 0 bridgehead atoms. The SMILES string of the molecule is Cc1cc(/C(O)=C2/C(=O)C(=O)N(Cc3cccs3)C2c2ccc(Cl)cc2)ccc1OCc1ccccc1. The van der Waals surface area contributed by atoms with Crippen LogP contribution in [0.3, 0.4) is 0 Å². The van der Waals surface area contributed by atoms with E-state index < -0.39 is 17.7 Å². The van der Waals surface area contributed by atoms with Gasteiger partial charge in [0.15, 0.2) is 0 Å². The molecule has 1 amide bonds. The molecule has 1 aliphatic rings. The summed E-state index contributed by atoms with van der Waals surface area (Å²) >= 11 is 7.61. The number of hydrogen-bond donors (Lipinski definition) is 1. The van der Waals surface area contributed by atoms with Crippen LogP contribution in [0, 0.1) is 6.92 Å². The molecule has 2 heterocycles. The lowest BCUT2D eigenvalue weighted by Gasteiger charge is -2.25. The molecule has 1 N–H and O–H groups in total. The summed E-state index contributed by atoms with van der Waals surface area (Å²) in [6.07, 6.45) is 0. The van der Waals surface area contributed by atoms with Gasteiger partial charge in [-0.15, -0.1) is 11.3 Å². The number of carbonyl (C=O) groups is 2. The van der Waals surface area contributed by atoms with Crippen LogP contribution < -0.4 is 4.74 Å². The molecule has 1 aliphatic heterocycles. The van der Waals surface area contributed by atoms with Crippen molar-refractivity contribution in [3.63, 3.8) is 0 Å². The quantitative estimate of drug-likeness (QED) is 0.160. The maximum Gasteiger partial charge on any atom is 0.295 e. The Morgan fingerprint density at radius 2 is 1.76 bits per heavy atom. The number of aliphatic hydroxyl groups is 1. The second-order valence-electron chi connectivity index (χ2n) is 8.81. The number of aliphatic hydroxyl groups excluding tert-OH is 1. The number of likely N-dealkylation sites (tertiary alicyclic amines) is 1. The van der Waals surface area contributed by atoms with Gasteiger partial charge < -0.3 is 14.7 Å². The second-order valence-corrected chi connectivity index (χ2v) is 10.3. The zero-order valence-corrected chi connectivity index (χ0v) is 21.6. The largest absolute Gasteiger partial charge is 0.507 e. The highest BCUT2D eigenvalue weighted by atomic mass is 35.5. The molecule has 1 aromatic heterocycles. The highest BCUT2D eigenvalue weighted by Gasteiger charge is 2.46. The monoisotopic (exact) mass is 529 g/mol. The smallest absolute Gasteiger partial charge is 0.295 e. The Kier molecular flexibility index (Phi) is 7.12. The Bertz CT molecular complexity index is 1460. The van der Waals surface area contributed by atoms with Crippen LogP contribution in [-0.4, -0.2) is 21.7 Å². The molecule has 37 heavy (non-hydrogen) atoms. The van der Waals surface area contributed by atoms with Crippen LogP contribution in [0.1, 0.15) is 33.2 Å². The number of ketones is 1. The van der Waals surface area contributed by atoms with E-state index in [4.69, 9.17) is 16.3 Å². The number of ether oxygens (including phenoxy) is 1. The van der Waals surface area contributed by atoms with Crippen LogP contribution in [0.5, 0.6) is 5.75 Å². The maximum absolute atomic E-state index is 13.3. The zero-order chi connectivity index (χ0) is 25.9. The van der Waals surface area contributed by atoms with Gasteiger partial charge in [0.25, 0.3) is 11.7 Å². The van der Waals surface area contributed by atoms with Crippen LogP contribution in [0.4, 0.5) is 0 Å². The molecule has 1 atom stereocenters. The van der Waals surface area contributed by atoms with Crippen molar-refractivity contribution in [3.05, 3.63) is 128 Å². The van der Waals surface area contributed by atoms with Crippen molar-refractivity contribution in [1.29, 1.82) is 0 Å². The number of thiophene rings is 1. The minimum absolute atomic E-state index is 0.0567. The molecule has 0 radical (unpaired) electrons. The van der Waals surface area contributed by atoms with Gasteiger partial charge in [0.05, 0.1) is 18.2 Å². The van der Waals surface area contributed by atoms with Crippen LogP contribution in [0.15, 0.2) is 95.9 Å². The van der Waals surface area contributed by atoms with Crippen molar-refractivity contribution in [1.82, 2.24) is 4.90 Å². The number of nitrogens with zero attached hydrogens (tertiary/aromatic N) is 1. The van der Waals surface area contributed by atoms with Gasteiger partial charge in [-0.1, -0.05) is 60.1 Å². The van der Waals surface area contributed by atoms with Gasteiger partial charge in [-0.2, -0.15) is 0 Å². The van der Waals surface area contributed by atoms with Crippen LogP contribution >= 0.6 is 22.9 Å². The number of hydrogen-bond acceptors (Lipinski definition) is 5. The topological polar surface area (TPSA) is 66.8 Å². The lowest BCUT2D eigenvalue weighted by atomic mass is 9.95. The number of Topliss-reactive ketones (excluding diaryl/α,β-unsaturated/α-hetero) is 1. The van der Waals surface area contributed by atoms with Gasteiger partial charge >= 0.3 is 0 Å². The van der Waals surface area contributed by atoms with Gasteiger partial charge in [0.1, 0.15) is 18.1 Å². The summed E-state index contributed by atoms with van der Waals surface area (Å²) < 4.78 is 5.96. The summed E-state index contributed by atoms with van der Waals surface area (Å²) in [7, 11) is 0. The summed E-state index contributed by atoms with van der Waals surface area (Å²) in [5.41, 5.74) is 3.04. The molecule has 4 aromatic rings. The molecule has 3 aromatic carbocycles. The van der Waals surface area contributed by atoms with Gasteiger partial charge in [-0.05, 0) is 65.4 Å². The number of aryl methyl sites for hydroxylation is 1. The first-order chi connectivity index (χ1) is 17.9. The molecule has 1 unspecified atom stereocenters. The summed E-state index contributed by atoms with van der Waals surface area (Å²) in [5.74, 6) is -0.900. The molecule has 5 nitrogen and oxygen atoms in total. The number of rotatable bonds is 7. The molecule has 7 heteroatoms. The van der Waals surface area contributed by atoms with E-state index >= 15 is 0 Å². The van der Waals surface area contributed by atoms with Gasteiger partial charge in [-0.3, -0.25) is 9.59 Å². The van der Waals surface area contributed by atoms with Crippen molar-refractivity contribution in [3.8, 4) is 5.75 Å². The fourth-order valence-corrected chi connectivity index (χ4v) is 5.28. The van der Waals surface area contributed by atoms with E-state index in [1.54, 1.807) is 42.5 Å². The summed E-state index contributed by atoms with van der Waals surface area (Å²) in [6, 6.07) is 25.1. The Morgan fingerprint density at radius 1 is 1.00 bits per heavy atom. The van der Waals surface area contributed by atoms with E-state index in [-0.39, 0.29) is 17.9 Å². The molecule has 0 aliphatic carbocycles. The lowest BCUT2D eigenvalue weighted by Crippen LogP contribution is -2.28. The molecule has 186 valence electrons. The van der Waals surface area contributed by atoms with Crippen molar-refractivity contribution in [2.45, 2.75) is 26.1 Å². The third-order valence-corrected chi connectivity index (χ3v) is 7.43. The Morgan fingerprint density at radius 3 is 2.43 bits per heavy atom. The second kappa shape index (κ2) is 10.6. The van der Waals surface area contributed by atoms with Gasteiger partial charge in [0, 0.05) is 15.5 Å². The number of amides is 1. The van der Waals surface area contributed by atoms with E-state index in [9.17, 15) is 14.7 Å². The molecule has 1 saturated heterocycles.